The van der Waals surface area contributed by atoms with Crippen LogP contribution in [0.5, 0.6) is 0 Å². The second-order valence-corrected chi connectivity index (χ2v) is 5.11. The van der Waals surface area contributed by atoms with E-state index in [2.05, 4.69) is 46.5 Å². The summed E-state index contributed by atoms with van der Waals surface area (Å²) < 4.78 is 0. The van der Waals surface area contributed by atoms with Crippen LogP contribution in [0.3, 0.4) is 0 Å². The van der Waals surface area contributed by atoms with Crippen LogP contribution >= 0.6 is 0 Å². The third kappa shape index (κ3) is 3.02. The number of hydrogen-bond donors (Lipinski definition) is 1. The fourth-order valence-electron chi connectivity index (χ4n) is 2.42. The minimum atomic E-state index is 0.960. The van der Waals surface area contributed by atoms with E-state index in [1.807, 2.05) is 30.7 Å². The van der Waals surface area contributed by atoms with E-state index in [0.29, 0.717) is 0 Å². The van der Waals surface area contributed by atoms with Gasteiger partial charge in [0, 0.05) is 30.5 Å². The van der Waals surface area contributed by atoms with Gasteiger partial charge in [-0.3, -0.25) is 4.98 Å². The van der Waals surface area contributed by atoms with Gasteiger partial charge in [0.2, 0.25) is 0 Å². The molecule has 21 heavy (non-hydrogen) atoms. The summed E-state index contributed by atoms with van der Waals surface area (Å²) in [5, 5.41) is 5.82. The monoisotopic (exact) mass is 277 g/mol. The van der Waals surface area contributed by atoms with Gasteiger partial charge in [-0.15, -0.1) is 0 Å². The molecule has 0 saturated carbocycles. The normalized spacial score (nSPS) is 10.7. The van der Waals surface area contributed by atoms with Gasteiger partial charge in [-0.1, -0.05) is 25.5 Å². The summed E-state index contributed by atoms with van der Waals surface area (Å²) in [4.78, 5) is 8.57. The van der Waals surface area contributed by atoms with Gasteiger partial charge in [-0.05, 0) is 47.2 Å². The van der Waals surface area contributed by atoms with Crippen molar-refractivity contribution in [3.05, 3.63) is 55.0 Å². The van der Waals surface area contributed by atoms with Crippen LogP contribution in [0.15, 0.2) is 55.0 Å². The topological polar surface area (TPSA) is 37.8 Å². The highest BCUT2D eigenvalue weighted by Crippen LogP contribution is 2.27. The quantitative estimate of drug-likeness (QED) is 0.697. The maximum atomic E-state index is 4.49. The first kappa shape index (κ1) is 13.6. The van der Waals surface area contributed by atoms with E-state index in [9.17, 15) is 0 Å². The Kier molecular flexibility index (Phi) is 4.10. The van der Waals surface area contributed by atoms with Crippen molar-refractivity contribution in [1.82, 2.24) is 9.97 Å². The fraction of sp³-hybridized carbons (Fsp3) is 0.222. The first-order valence-corrected chi connectivity index (χ1v) is 7.41. The molecule has 0 unspecified atom stereocenters. The number of fused-ring (bicyclic) bond motifs is 1. The third-order valence-corrected chi connectivity index (χ3v) is 3.60. The van der Waals surface area contributed by atoms with Crippen LogP contribution in [0.4, 0.5) is 5.82 Å². The van der Waals surface area contributed by atoms with E-state index >= 15 is 0 Å². The van der Waals surface area contributed by atoms with E-state index in [1.165, 1.54) is 28.3 Å². The van der Waals surface area contributed by atoms with Gasteiger partial charge in [0.05, 0.1) is 0 Å². The van der Waals surface area contributed by atoms with Gasteiger partial charge >= 0.3 is 0 Å². The van der Waals surface area contributed by atoms with Gasteiger partial charge in [-0.25, -0.2) is 4.98 Å². The molecule has 2 aromatic heterocycles. The Labute approximate surface area is 125 Å². The lowest BCUT2D eigenvalue weighted by atomic mass is 10.0. The minimum absolute atomic E-state index is 0.960. The SMILES string of the molecule is CCCCNc1nccc2ccc(-c3ccncc3)cc12. The number of pyridine rings is 2. The second kappa shape index (κ2) is 6.35. The van der Waals surface area contributed by atoms with Gasteiger partial charge < -0.3 is 5.32 Å². The minimum Gasteiger partial charge on any atom is -0.370 e. The lowest BCUT2D eigenvalue weighted by molar-refractivity contribution is 0.832. The second-order valence-electron chi connectivity index (χ2n) is 5.11. The Bertz CT molecular complexity index is 723. The van der Waals surface area contributed by atoms with Crippen molar-refractivity contribution < 1.29 is 0 Å². The van der Waals surface area contributed by atoms with Crippen molar-refractivity contribution >= 4 is 16.6 Å². The summed E-state index contributed by atoms with van der Waals surface area (Å²) >= 11 is 0. The van der Waals surface area contributed by atoms with Crippen molar-refractivity contribution in [2.75, 3.05) is 11.9 Å². The molecule has 0 aliphatic heterocycles. The molecule has 0 fully saturated rings. The molecular formula is C18H19N3. The number of hydrogen-bond acceptors (Lipinski definition) is 3. The van der Waals surface area contributed by atoms with Crippen molar-refractivity contribution in [3.63, 3.8) is 0 Å². The first-order chi connectivity index (χ1) is 10.4. The summed E-state index contributed by atoms with van der Waals surface area (Å²) in [5.41, 5.74) is 2.37. The summed E-state index contributed by atoms with van der Waals surface area (Å²) in [7, 11) is 0. The summed E-state index contributed by atoms with van der Waals surface area (Å²) in [6, 6.07) is 12.6. The molecule has 0 radical (unpaired) electrons. The molecule has 0 aliphatic carbocycles. The van der Waals surface area contributed by atoms with Crippen LogP contribution in [0, 0.1) is 0 Å². The summed E-state index contributed by atoms with van der Waals surface area (Å²) in [6.07, 6.45) is 7.84. The lowest BCUT2D eigenvalue weighted by Crippen LogP contribution is -2.03. The highest BCUT2D eigenvalue weighted by Gasteiger charge is 2.04. The molecule has 0 spiro atoms. The van der Waals surface area contributed by atoms with Crippen LogP contribution in [-0.2, 0) is 0 Å². The number of unbranched alkanes of at least 4 members (excludes halogenated alkanes) is 1. The maximum absolute atomic E-state index is 4.49. The van der Waals surface area contributed by atoms with Crippen molar-refractivity contribution in [1.29, 1.82) is 0 Å². The number of anilines is 1. The highest BCUT2D eigenvalue weighted by molar-refractivity contribution is 5.94. The molecule has 3 rings (SSSR count). The first-order valence-electron chi connectivity index (χ1n) is 7.41. The zero-order chi connectivity index (χ0) is 14.5. The standard InChI is InChI=1S/C18H19N3/c1-2-3-9-20-18-17-13-16(14-6-10-19-11-7-14)5-4-15(17)8-12-21-18/h4-8,10-13H,2-3,9H2,1H3,(H,20,21). The maximum Gasteiger partial charge on any atom is 0.133 e. The number of nitrogens with zero attached hydrogens (tertiary/aromatic N) is 2. The summed E-state index contributed by atoms with van der Waals surface area (Å²) in [6.45, 7) is 3.15. The van der Waals surface area contributed by atoms with Crippen LogP contribution in [0.25, 0.3) is 21.9 Å². The smallest absolute Gasteiger partial charge is 0.133 e. The zero-order valence-electron chi connectivity index (χ0n) is 12.2. The van der Waals surface area contributed by atoms with Crippen LogP contribution in [0.2, 0.25) is 0 Å². The average molecular weight is 277 g/mol. The Morgan fingerprint density at radius 2 is 1.81 bits per heavy atom. The molecule has 0 bridgehead atoms. The Morgan fingerprint density at radius 1 is 0.952 bits per heavy atom. The predicted molar refractivity (Wildman–Crippen MR) is 88.4 cm³/mol. The molecule has 3 nitrogen and oxygen atoms in total. The van der Waals surface area contributed by atoms with E-state index in [4.69, 9.17) is 0 Å². The summed E-state index contributed by atoms with van der Waals surface area (Å²) in [5.74, 6) is 0.969. The van der Waals surface area contributed by atoms with E-state index in [1.54, 1.807) is 0 Å². The lowest BCUT2D eigenvalue weighted by Gasteiger charge is -2.10. The van der Waals surface area contributed by atoms with E-state index in [-0.39, 0.29) is 0 Å². The van der Waals surface area contributed by atoms with Gasteiger partial charge in [0.25, 0.3) is 0 Å². The molecule has 1 N–H and O–H groups in total. The Hall–Kier alpha value is -2.42. The van der Waals surface area contributed by atoms with E-state index in [0.717, 1.165) is 18.8 Å². The predicted octanol–water partition coefficient (Wildman–Crippen LogP) is 4.51. The van der Waals surface area contributed by atoms with Gasteiger partial charge in [-0.2, -0.15) is 0 Å². The molecule has 2 heterocycles. The van der Waals surface area contributed by atoms with Gasteiger partial charge in [0.15, 0.2) is 0 Å². The number of rotatable bonds is 5. The molecule has 3 heteroatoms. The van der Waals surface area contributed by atoms with Crippen LogP contribution in [-0.4, -0.2) is 16.5 Å². The number of nitrogens with one attached hydrogen (secondary N) is 1. The zero-order valence-corrected chi connectivity index (χ0v) is 12.2. The Balaban J connectivity index is 2.01. The molecule has 3 aromatic rings. The molecule has 0 amide bonds. The van der Waals surface area contributed by atoms with Crippen LogP contribution in [0.1, 0.15) is 19.8 Å². The van der Waals surface area contributed by atoms with Gasteiger partial charge in [0.1, 0.15) is 5.82 Å². The Morgan fingerprint density at radius 3 is 2.62 bits per heavy atom. The van der Waals surface area contributed by atoms with Crippen molar-refractivity contribution in [3.8, 4) is 11.1 Å². The largest absolute Gasteiger partial charge is 0.370 e. The molecule has 0 aliphatic rings. The average Bonchev–Trinajstić information content (AvgIpc) is 2.56. The molecule has 1 aromatic carbocycles. The third-order valence-electron chi connectivity index (χ3n) is 3.60. The van der Waals surface area contributed by atoms with E-state index < -0.39 is 0 Å². The highest BCUT2D eigenvalue weighted by atomic mass is 15.0. The van der Waals surface area contributed by atoms with Crippen molar-refractivity contribution in [2.45, 2.75) is 19.8 Å². The number of benzene rings is 1. The molecule has 106 valence electrons. The fourth-order valence-corrected chi connectivity index (χ4v) is 2.42. The van der Waals surface area contributed by atoms with Crippen molar-refractivity contribution in [2.24, 2.45) is 0 Å². The molecular weight excluding hydrogens is 258 g/mol. The molecule has 0 atom stereocenters. The molecule has 0 saturated heterocycles. The number of aromatic nitrogens is 2. The van der Waals surface area contributed by atoms with Crippen LogP contribution < -0.4 is 5.32 Å².